The van der Waals surface area contributed by atoms with Crippen molar-refractivity contribution in [1.82, 2.24) is 9.78 Å². The third-order valence-electron chi connectivity index (χ3n) is 4.07. The molecule has 3 heteroatoms. The van der Waals surface area contributed by atoms with Crippen LogP contribution in [0.2, 0.25) is 0 Å². The molecular formula is C20H22N2O. The van der Waals surface area contributed by atoms with Crippen molar-refractivity contribution in [1.29, 1.82) is 0 Å². The van der Waals surface area contributed by atoms with Gasteiger partial charge in [0.25, 0.3) is 5.56 Å². The molecule has 0 saturated heterocycles. The van der Waals surface area contributed by atoms with E-state index in [-0.39, 0.29) is 11.6 Å². The number of rotatable bonds is 3. The molecule has 3 nitrogen and oxygen atoms in total. The minimum Gasteiger partial charge on any atom is -0.281 e. The van der Waals surface area contributed by atoms with Crippen LogP contribution in [-0.4, -0.2) is 9.78 Å². The highest BCUT2D eigenvalue weighted by atomic mass is 16.1. The molecule has 0 aliphatic carbocycles. The number of nitrogens with zero attached hydrogens (tertiary/aromatic N) is 1. The van der Waals surface area contributed by atoms with Crippen LogP contribution in [0.1, 0.15) is 31.0 Å². The number of benzene rings is 2. The van der Waals surface area contributed by atoms with Gasteiger partial charge >= 0.3 is 0 Å². The fraction of sp³-hybridized carbons (Fsp3) is 0.250. The standard InChI is InChI=1S/C20H22N2O/c1-13(2)22-19(17-7-5-6-15(4)12-17)18(20(23)21-22)16-10-8-14(3)9-11-16/h5-13H,1-4H3,(H,21,23). The second kappa shape index (κ2) is 5.92. The number of aromatic amines is 1. The van der Waals surface area contributed by atoms with Crippen molar-refractivity contribution in [2.45, 2.75) is 33.7 Å². The Morgan fingerprint density at radius 3 is 2.22 bits per heavy atom. The smallest absolute Gasteiger partial charge is 0.272 e. The molecule has 3 rings (SSSR count). The third-order valence-corrected chi connectivity index (χ3v) is 4.07. The van der Waals surface area contributed by atoms with Gasteiger partial charge in [0.2, 0.25) is 0 Å². The molecule has 0 amide bonds. The van der Waals surface area contributed by atoms with Crippen molar-refractivity contribution in [3.05, 3.63) is 70.0 Å². The summed E-state index contributed by atoms with van der Waals surface area (Å²) in [5.74, 6) is 0. The largest absolute Gasteiger partial charge is 0.281 e. The minimum absolute atomic E-state index is 0.0425. The van der Waals surface area contributed by atoms with Crippen LogP contribution in [0.3, 0.4) is 0 Å². The van der Waals surface area contributed by atoms with E-state index in [1.165, 1.54) is 11.1 Å². The first-order valence-electron chi connectivity index (χ1n) is 7.96. The normalized spacial score (nSPS) is 11.2. The van der Waals surface area contributed by atoms with Crippen LogP contribution in [0.25, 0.3) is 22.4 Å². The van der Waals surface area contributed by atoms with Gasteiger partial charge in [-0.15, -0.1) is 0 Å². The average Bonchev–Trinajstić information content (AvgIpc) is 2.86. The molecule has 23 heavy (non-hydrogen) atoms. The number of H-pyrrole nitrogens is 1. The summed E-state index contributed by atoms with van der Waals surface area (Å²) < 4.78 is 1.96. The lowest BCUT2D eigenvalue weighted by Crippen LogP contribution is -2.08. The van der Waals surface area contributed by atoms with E-state index in [1.807, 2.05) is 35.0 Å². The maximum atomic E-state index is 12.6. The van der Waals surface area contributed by atoms with Gasteiger partial charge in [0.1, 0.15) is 0 Å². The molecule has 0 bridgehead atoms. The SMILES string of the molecule is Cc1ccc(-c2c(-c3cccc(C)c3)n(C(C)C)[nH]c2=O)cc1. The predicted octanol–water partition coefficient (Wildman–Crippen LogP) is 4.71. The molecule has 0 aliphatic heterocycles. The Kier molecular flexibility index (Phi) is 3.95. The van der Waals surface area contributed by atoms with Gasteiger partial charge in [-0.05, 0) is 39.3 Å². The maximum absolute atomic E-state index is 12.6. The highest BCUT2D eigenvalue weighted by Crippen LogP contribution is 2.31. The van der Waals surface area contributed by atoms with Crippen molar-refractivity contribution in [3.8, 4) is 22.4 Å². The van der Waals surface area contributed by atoms with Crippen LogP contribution in [0.4, 0.5) is 0 Å². The Labute approximate surface area is 136 Å². The monoisotopic (exact) mass is 306 g/mol. The van der Waals surface area contributed by atoms with E-state index in [2.05, 4.69) is 51.0 Å². The lowest BCUT2D eigenvalue weighted by atomic mass is 9.99. The van der Waals surface area contributed by atoms with Gasteiger partial charge in [-0.2, -0.15) is 0 Å². The number of nitrogens with one attached hydrogen (secondary N) is 1. The quantitative estimate of drug-likeness (QED) is 0.747. The van der Waals surface area contributed by atoms with Crippen molar-refractivity contribution in [2.24, 2.45) is 0 Å². The first-order chi connectivity index (χ1) is 11.0. The van der Waals surface area contributed by atoms with Gasteiger partial charge in [-0.25, -0.2) is 0 Å². The Bertz CT molecular complexity index is 883. The number of hydrogen-bond acceptors (Lipinski definition) is 1. The second-order valence-corrected chi connectivity index (χ2v) is 6.36. The fourth-order valence-corrected chi connectivity index (χ4v) is 2.90. The van der Waals surface area contributed by atoms with Crippen LogP contribution in [-0.2, 0) is 0 Å². The fourth-order valence-electron chi connectivity index (χ4n) is 2.90. The molecule has 0 unspecified atom stereocenters. The predicted molar refractivity (Wildman–Crippen MR) is 95.8 cm³/mol. The van der Waals surface area contributed by atoms with Crippen molar-refractivity contribution >= 4 is 0 Å². The van der Waals surface area contributed by atoms with E-state index in [0.717, 1.165) is 22.4 Å². The summed E-state index contributed by atoms with van der Waals surface area (Å²) in [5.41, 5.74) is 6.04. The van der Waals surface area contributed by atoms with E-state index < -0.39 is 0 Å². The van der Waals surface area contributed by atoms with E-state index in [0.29, 0.717) is 0 Å². The molecule has 0 saturated carbocycles. The van der Waals surface area contributed by atoms with Crippen molar-refractivity contribution in [2.75, 3.05) is 0 Å². The molecule has 118 valence electrons. The number of aryl methyl sites for hydroxylation is 2. The van der Waals surface area contributed by atoms with Gasteiger partial charge in [0.15, 0.2) is 0 Å². The van der Waals surface area contributed by atoms with Gasteiger partial charge in [-0.1, -0.05) is 53.6 Å². The van der Waals surface area contributed by atoms with Crippen LogP contribution in [0.15, 0.2) is 53.3 Å². The highest BCUT2D eigenvalue weighted by molar-refractivity contribution is 5.81. The summed E-state index contributed by atoms with van der Waals surface area (Å²) >= 11 is 0. The third kappa shape index (κ3) is 2.87. The molecule has 1 aromatic heterocycles. The Balaban J connectivity index is 2.31. The molecule has 1 heterocycles. The van der Waals surface area contributed by atoms with Crippen LogP contribution in [0, 0.1) is 13.8 Å². The summed E-state index contributed by atoms with van der Waals surface area (Å²) in [7, 11) is 0. The van der Waals surface area contributed by atoms with Crippen LogP contribution < -0.4 is 5.56 Å². The first-order valence-corrected chi connectivity index (χ1v) is 7.96. The second-order valence-electron chi connectivity index (χ2n) is 6.36. The summed E-state index contributed by atoms with van der Waals surface area (Å²) in [6, 6.07) is 16.6. The van der Waals surface area contributed by atoms with Gasteiger partial charge in [0, 0.05) is 11.6 Å². The van der Waals surface area contributed by atoms with E-state index in [9.17, 15) is 4.79 Å². The Morgan fingerprint density at radius 2 is 1.61 bits per heavy atom. The molecule has 0 spiro atoms. The maximum Gasteiger partial charge on any atom is 0.272 e. The molecule has 3 aromatic rings. The highest BCUT2D eigenvalue weighted by Gasteiger charge is 2.19. The average molecular weight is 306 g/mol. The molecule has 0 aliphatic rings. The van der Waals surface area contributed by atoms with Crippen LogP contribution >= 0.6 is 0 Å². The molecule has 2 aromatic carbocycles. The minimum atomic E-state index is -0.0425. The lowest BCUT2D eigenvalue weighted by Gasteiger charge is -2.14. The van der Waals surface area contributed by atoms with Gasteiger partial charge in [0.05, 0.1) is 11.3 Å². The first kappa shape index (κ1) is 15.3. The van der Waals surface area contributed by atoms with E-state index in [4.69, 9.17) is 0 Å². The van der Waals surface area contributed by atoms with Crippen LogP contribution in [0.5, 0.6) is 0 Å². The summed E-state index contributed by atoms with van der Waals surface area (Å²) in [5, 5.41) is 3.00. The zero-order valence-electron chi connectivity index (χ0n) is 14.1. The topological polar surface area (TPSA) is 37.8 Å². The molecule has 0 atom stereocenters. The van der Waals surface area contributed by atoms with E-state index >= 15 is 0 Å². The zero-order chi connectivity index (χ0) is 16.6. The molecule has 1 N–H and O–H groups in total. The zero-order valence-corrected chi connectivity index (χ0v) is 14.1. The van der Waals surface area contributed by atoms with Gasteiger partial charge < -0.3 is 0 Å². The lowest BCUT2D eigenvalue weighted by molar-refractivity contribution is 0.534. The summed E-state index contributed by atoms with van der Waals surface area (Å²) in [6.45, 7) is 8.27. The van der Waals surface area contributed by atoms with Crippen molar-refractivity contribution in [3.63, 3.8) is 0 Å². The summed E-state index contributed by atoms with van der Waals surface area (Å²) in [6.07, 6.45) is 0. The van der Waals surface area contributed by atoms with E-state index in [1.54, 1.807) is 0 Å². The molecular weight excluding hydrogens is 284 g/mol. The summed E-state index contributed by atoms with van der Waals surface area (Å²) in [4.78, 5) is 12.6. The molecule has 0 radical (unpaired) electrons. The van der Waals surface area contributed by atoms with Crippen molar-refractivity contribution < 1.29 is 0 Å². The number of hydrogen-bond donors (Lipinski definition) is 1. The number of aromatic nitrogens is 2. The Morgan fingerprint density at radius 1 is 0.913 bits per heavy atom. The molecule has 0 fully saturated rings. The van der Waals surface area contributed by atoms with Gasteiger partial charge in [-0.3, -0.25) is 14.6 Å². The Hall–Kier alpha value is -2.55.